The predicted molar refractivity (Wildman–Crippen MR) is 61.3 cm³/mol. The van der Waals surface area contributed by atoms with Gasteiger partial charge in [-0.05, 0) is 37.8 Å². The first-order valence-electron chi connectivity index (χ1n) is 5.74. The van der Waals surface area contributed by atoms with Gasteiger partial charge in [0.1, 0.15) is 5.65 Å². The molecule has 1 atom stereocenters. The molecule has 1 aliphatic carbocycles. The summed E-state index contributed by atoms with van der Waals surface area (Å²) < 4.78 is 2.28. The van der Waals surface area contributed by atoms with Crippen LogP contribution in [0.15, 0.2) is 18.3 Å². The highest BCUT2D eigenvalue weighted by atomic mass is 15.0. The van der Waals surface area contributed by atoms with Gasteiger partial charge >= 0.3 is 0 Å². The lowest BCUT2D eigenvalue weighted by Crippen LogP contribution is -2.07. The summed E-state index contributed by atoms with van der Waals surface area (Å²) in [5, 5.41) is 0. The zero-order valence-electron chi connectivity index (χ0n) is 9.33. The average Bonchev–Trinajstić information content (AvgIpc) is 2.60. The van der Waals surface area contributed by atoms with Crippen molar-refractivity contribution in [1.29, 1.82) is 0 Å². The Morgan fingerprint density at radius 2 is 2.33 bits per heavy atom. The van der Waals surface area contributed by atoms with Crippen molar-refractivity contribution in [3.8, 4) is 0 Å². The van der Waals surface area contributed by atoms with E-state index in [9.17, 15) is 0 Å². The van der Waals surface area contributed by atoms with Crippen LogP contribution in [-0.4, -0.2) is 9.38 Å². The van der Waals surface area contributed by atoms with E-state index in [4.69, 9.17) is 4.98 Å². The molecule has 0 bridgehead atoms. The highest BCUT2D eigenvalue weighted by molar-refractivity contribution is 5.51. The molecule has 15 heavy (non-hydrogen) atoms. The number of hydrogen-bond donors (Lipinski definition) is 0. The molecule has 2 aromatic heterocycles. The molecule has 0 saturated heterocycles. The summed E-state index contributed by atoms with van der Waals surface area (Å²) in [4.78, 5) is 4.80. The number of aryl methyl sites for hydroxylation is 2. The lowest BCUT2D eigenvalue weighted by molar-refractivity contribution is 0.570. The van der Waals surface area contributed by atoms with Gasteiger partial charge in [0, 0.05) is 17.8 Å². The Kier molecular flexibility index (Phi) is 1.84. The zero-order chi connectivity index (χ0) is 10.4. The Balaban J connectivity index is 2.35. The topological polar surface area (TPSA) is 17.3 Å². The second-order valence-electron chi connectivity index (χ2n) is 4.62. The van der Waals surface area contributed by atoms with E-state index in [1.807, 2.05) is 0 Å². The van der Waals surface area contributed by atoms with E-state index in [2.05, 4.69) is 36.6 Å². The monoisotopic (exact) mass is 200 g/mol. The maximum atomic E-state index is 4.80. The van der Waals surface area contributed by atoms with Crippen molar-refractivity contribution in [3.63, 3.8) is 0 Å². The van der Waals surface area contributed by atoms with E-state index in [1.165, 1.54) is 36.2 Å². The van der Waals surface area contributed by atoms with Gasteiger partial charge in [0.15, 0.2) is 0 Å². The van der Waals surface area contributed by atoms with Crippen molar-refractivity contribution in [2.45, 2.75) is 39.0 Å². The van der Waals surface area contributed by atoms with Gasteiger partial charge in [-0.3, -0.25) is 0 Å². The van der Waals surface area contributed by atoms with Crippen LogP contribution in [0.2, 0.25) is 0 Å². The number of nitrogens with zero attached hydrogens (tertiary/aromatic N) is 2. The van der Waals surface area contributed by atoms with Gasteiger partial charge in [-0.1, -0.05) is 13.0 Å². The Labute approximate surface area is 90.0 Å². The molecule has 2 aromatic rings. The molecule has 0 fully saturated rings. The summed E-state index contributed by atoms with van der Waals surface area (Å²) in [5.41, 5.74) is 5.19. The largest absolute Gasteiger partial charge is 0.304 e. The summed E-state index contributed by atoms with van der Waals surface area (Å²) in [6.45, 7) is 4.43. The number of hydrogen-bond acceptors (Lipinski definition) is 1. The van der Waals surface area contributed by atoms with E-state index in [-0.39, 0.29) is 0 Å². The van der Waals surface area contributed by atoms with Crippen LogP contribution >= 0.6 is 0 Å². The molecule has 0 aromatic carbocycles. The zero-order valence-corrected chi connectivity index (χ0v) is 9.33. The third-order valence-corrected chi connectivity index (χ3v) is 3.49. The molecule has 0 saturated carbocycles. The third-order valence-electron chi connectivity index (χ3n) is 3.49. The Morgan fingerprint density at radius 1 is 1.47 bits per heavy atom. The first kappa shape index (κ1) is 8.96. The second-order valence-corrected chi connectivity index (χ2v) is 4.62. The van der Waals surface area contributed by atoms with E-state index in [0.717, 1.165) is 5.65 Å². The first-order valence-corrected chi connectivity index (χ1v) is 5.74. The van der Waals surface area contributed by atoms with Crippen molar-refractivity contribution < 1.29 is 0 Å². The van der Waals surface area contributed by atoms with Gasteiger partial charge in [-0.2, -0.15) is 0 Å². The molecule has 2 nitrogen and oxygen atoms in total. The number of fused-ring (bicyclic) bond motifs is 3. The molecule has 3 rings (SSSR count). The number of imidazole rings is 1. The van der Waals surface area contributed by atoms with Crippen LogP contribution in [0, 0.1) is 6.92 Å². The van der Waals surface area contributed by atoms with Crippen molar-refractivity contribution in [3.05, 3.63) is 35.3 Å². The minimum absolute atomic E-state index is 0.632. The molecule has 0 radical (unpaired) electrons. The van der Waals surface area contributed by atoms with Gasteiger partial charge in [-0.25, -0.2) is 4.98 Å². The van der Waals surface area contributed by atoms with Crippen LogP contribution in [-0.2, 0) is 6.42 Å². The molecule has 1 aliphatic rings. The molecule has 2 heterocycles. The molecular formula is C13H16N2. The molecule has 78 valence electrons. The Bertz CT molecular complexity index is 510. The van der Waals surface area contributed by atoms with Crippen LogP contribution in [0.5, 0.6) is 0 Å². The molecule has 0 aliphatic heterocycles. The van der Waals surface area contributed by atoms with Gasteiger partial charge < -0.3 is 4.40 Å². The fraction of sp³-hybridized carbons (Fsp3) is 0.462. The third kappa shape index (κ3) is 1.21. The predicted octanol–water partition coefficient (Wildman–Crippen LogP) is 3.08. The standard InChI is InChI=1S/C13H16N2/c1-9-5-3-7-11-12(9)14-13-10(2)6-4-8-15(11)13/h4,6,8-9H,3,5,7H2,1-2H3. The minimum atomic E-state index is 0.632. The fourth-order valence-electron chi connectivity index (χ4n) is 2.63. The highest BCUT2D eigenvalue weighted by Gasteiger charge is 2.22. The Hall–Kier alpha value is -1.31. The van der Waals surface area contributed by atoms with Gasteiger partial charge in [0.25, 0.3) is 0 Å². The number of aromatic nitrogens is 2. The summed E-state index contributed by atoms with van der Waals surface area (Å²) in [7, 11) is 0. The summed E-state index contributed by atoms with van der Waals surface area (Å²) in [6.07, 6.45) is 5.92. The highest BCUT2D eigenvalue weighted by Crippen LogP contribution is 2.31. The number of rotatable bonds is 0. The fourth-order valence-corrected chi connectivity index (χ4v) is 2.63. The van der Waals surface area contributed by atoms with Gasteiger partial charge in [0.2, 0.25) is 0 Å². The van der Waals surface area contributed by atoms with Crippen LogP contribution in [0.4, 0.5) is 0 Å². The van der Waals surface area contributed by atoms with Crippen molar-refractivity contribution in [2.75, 3.05) is 0 Å². The molecule has 0 spiro atoms. The normalized spacial score (nSPS) is 20.5. The van der Waals surface area contributed by atoms with Crippen molar-refractivity contribution >= 4 is 5.65 Å². The smallest absolute Gasteiger partial charge is 0.140 e. The summed E-state index contributed by atoms with van der Waals surface area (Å²) >= 11 is 0. The molecule has 2 heteroatoms. The number of pyridine rings is 1. The molecule has 0 amide bonds. The maximum absolute atomic E-state index is 4.80. The second kappa shape index (κ2) is 3.09. The quantitative estimate of drug-likeness (QED) is 0.638. The van der Waals surface area contributed by atoms with Gasteiger partial charge in [-0.15, -0.1) is 0 Å². The Morgan fingerprint density at radius 3 is 3.20 bits per heavy atom. The lowest BCUT2D eigenvalue weighted by Gasteiger charge is -2.17. The van der Waals surface area contributed by atoms with Crippen LogP contribution in [0.25, 0.3) is 5.65 Å². The minimum Gasteiger partial charge on any atom is -0.304 e. The molecule has 0 N–H and O–H groups in total. The van der Waals surface area contributed by atoms with Gasteiger partial charge in [0.05, 0.1) is 5.69 Å². The lowest BCUT2D eigenvalue weighted by atomic mass is 9.91. The van der Waals surface area contributed by atoms with E-state index in [0.29, 0.717) is 5.92 Å². The van der Waals surface area contributed by atoms with E-state index >= 15 is 0 Å². The maximum Gasteiger partial charge on any atom is 0.140 e. The summed E-state index contributed by atoms with van der Waals surface area (Å²) in [6, 6.07) is 4.25. The van der Waals surface area contributed by atoms with Crippen LogP contribution < -0.4 is 0 Å². The molecular weight excluding hydrogens is 184 g/mol. The first-order chi connectivity index (χ1) is 7.27. The van der Waals surface area contributed by atoms with Crippen LogP contribution in [0.3, 0.4) is 0 Å². The summed E-state index contributed by atoms with van der Waals surface area (Å²) in [5.74, 6) is 0.632. The van der Waals surface area contributed by atoms with E-state index < -0.39 is 0 Å². The van der Waals surface area contributed by atoms with Crippen molar-refractivity contribution in [2.24, 2.45) is 0 Å². The molecule has 1 unspecified atom stereocenters. The SMILES string of the molecule is Cc1cccn2c3c(nc12)C(C)CCC3. The van der Waals surface area contributed by atoms with Crippen molar-refractivity contribution in [1.82, 2.24) is 9.38 Å². The van der Waals surface area contributed by atoms with Crippen LogP contribution in [0.1, 0.15) is 42.6 Å². The van der Waals surface area contributed by atoms with E-state index in [1.54, 1.807) is 0 Å². The average molecular weight is 200 g/mol.